The van der Waals surface area contributed by atoms with Crippen LogP contribution in [0, 0.1) is 5.92 Å². The monoisotopic (exact) mass is 351 g/mol. The molecule has 1 aromatic heterocycles. The van der Waals surface area contributed by atoms with Crippen molar-refractivity contribution in [3.05, 3.63) is 28.5 Å². The maximum Gasteiger partial charge on any atom is 0.246 e. The third-order valence-corrected chi connectivity index (χ3v) is 4.95. The third-order valence-electron chi connectivity index (χ3n) is 4.49. The molecule has 0 bridgehead atoms. The molecule has 0 spiro atoms. The normalized spacial score (nSPS) is 29.5. The number of pyridine rings is 1. The smallest absolute Gasteiger partial charge is 0.246 e. The van der Waals surface area contributed by atoms with E-state index >= 15 is 0 Å². The van der Waals surface area contributed by atoms with Crippen LogP contribution < -0.4 is 5.32 Å². The molecule has 2 unspecified atom stereocenters. The molecule has 3 rings (SSSR count). The predicted octanol–water partition coefficient (Wildman–Crippen LogP) is 1.86. The number of nitrogens with zero attached hydrogens (tertiary/aromatic N) is 2. The van der Waals surface area contributed by atoms with E-state index in [0.29, 0.717) is 6.54 Å². The maximum absolute atomic E-state index is 12.6. The first kappa shape index (κ1) is 14.5. The minimum Gasteiger partial charge on any atom is -0.343 e. The summed E-state index contributed by atoms with van der Waals surface area (Å²) >= 11 is 3.35. The minimum atomic E-state index is -0.752. The topological polar surface area (TPSA) is 62.3 Å². The number of hydrogen-bond acceptors (Lipinski definition) is 3. The second-order valence-corrected chi connectivity index (χ2v) is 6.92. The highest BCUT2D eigenvalue weighted by Gasteiger charge is 2.56. The summed E-state index contributed by atoms with van der Waals surface area (Å²) in [4.78, 5) is 31.1. The van der Waals surface area contributed by atoms with Gasteiger partial charge in [0.15, 0.2) is 0 Å². The molecule has 1 N–H and O–H groups in total. The second-order valence-electron chi connectivity index (χ2n) is 6.01. The Labute approximate surface area is 132 Å². The standard InChI is InChI=1S/C15H18BrN3O2/c1-9-13(20)19(8-12-6-5-11(16)7-17-12)15(2,10-3-4-10)14(21)18-9/h5-7,9-10H,3-4,8H2,1-2H3,(H,18,21). The first-order chi connectivity index (χ1) is 9.92. The van der Waals surface area contributed by atoms with Gasteiger partial charge in [-0.2, -0.15) is 0 Å². The van der Waals surface area contributed by atoms with Gasteiger partial charge in [0.25, 0.3) is 0 Å². The van der Waals surface area contributed by atoms with Crippen LogP contribution in [-0.2, 0) is 16.1 Å². The number of carbonyl (C=O) groups excluding carboxylic acids is 2. The van der Waals surface area contributed by atoms with Gasteiger partial charge in [0, 0.05) is 10.7 Å². The second kappa shape index (κ2) is 5.09. The summed E-state index contributed by atoms with van der Waals surface area (Å²) in [5.74, 6) is 0.173. The number of piperazine rings is 1. The van der Waals surface area contributed by atoms with Gasteiger partial charge in [-0.3, -0.25) is 14.6 Å². The summed E-state index contributed by atoms with van der Waals surface area (Å²) in [5.41, 5.74) is 0.0403. The number of halogens is 1. The van der Waals surface area contributed by atoms with E-state index in [1.54, 1.807) is 18.0 Å². The predicted molar refractivity (Wildman–Crippen MR) is 81.2 cm³/mol. The molecular weight excluding hydrogens is 334 g/mol. The van der Waals surface area contributed by atoms with E-state index in [2.05, 4.69) is 26.2 Å². The van der Waals surface area contributed by atoms with Crippen molar-refractivity contribution in [2.75, 3.05) is 0 Å². The van der Waals surface area contributed by atoms with Crippen LogP contribution >= 0.6 is 15.9 Å². The number of aromatic nitrogens is 1. The molecule has 2 aliphatic rings. The van der Waals surface area contributed by atoms with Crippen LogP contribution in [0.2, 0.25) is 0 Å². The van der Waals surface area contributed by atoms with Gasteiger partial charge < -0.3 is 10.2 Å². The van der Waals surface area contributed by atoms with Crippen molar-refractivity contribution in [2.24, 2.45) is 5.92 Å². The Morgan fingerprint density at radius 1 is 1.43 bits per heavy atom. The quantitative estimate of drug-likeness (QED) is 0.903. The Balaban J connectivity index is 1.92. The first-order valence-corrected chi connectivity index (χ1v) is 7.95. The van der Waals surface area contributed by atoms with E-state index in [4.69, 9.17) is 0 Å². The highest BCUT2D eigenvalue weighted by Crippen LogP contribution is 2.45. The summed E-state index contributed by atoms with van der Waals surface area (Å²) < 4.78 is 0.896. The molecule has 1 aliphatic heterocycles. The minimum absolute atomic E-state index is 0.0336. The van der Waals surface area contributed by atoms with Gasteiger partial charge in [-0.1, -0.05) is 0 Å². The van der Waals surface area contributed by atoms with Crippen molar-refractivity contribution in [1.29, 1.82) is 0 Å². The van der Waals surface area contributed by atoms with Crippen molar-refractivity contribution < 1.29 is 9.59 Å². The van der Waals surface area contributed by atoms with Crippen LogP contribution in [0.3, 0.4) is 0 Å². The Morgan fingerprint density at radius 2 is 2.14 bits per heavy atom. The highest BCUT2D eigenvalue weighted by molar-refractivity contribution is 9.10. The molecule has 5 nitrogen and oxygen atoms in total. The number of rotatable bonds is 3. The molecule has 2 heterocycles. The zero-order chi connectivity index (χ0) is 15.2. The molecule has 6 heteroatoms. The number of nitrogens with one attached hydrogen (secondary N) is 1. The highest BCUT2D eigenvalue weighted by atomic mass is 79.9. The van der Waals surface area contributed by atoms with E-state index in [1.165, 1.54) is 0 Å². The summed E-state index contributed by atoms with van der Waals surface area (Å²) in [5, 5.41) is 2.81. The summed E-state index contributed by atoms with van der Waals surface area (Å²) in [6.45, 7) is 3.98. The van der Waals surface area contributed by atoms with Crippen molar-refractivity contribution >= 4 is 27.7 Å². The van der Waals surface area contributed by atoms with Crippen molar-refractivity contribution in [1.82, 2.24) is 15.2 Å². The fourth-order valence-electron chi connectivity index (χ4n) is 2.95. The van der Waals surface area contributed by atoms with E-state index in [1.807, 2.05) is 19.1 Å². The maximum atomic E-state index is 12.6. The zero-order valence-electron chi connectivity index (χ0n) is 12.1. The van der Waals surface area contributed by atoms with Gasteiger partial charge in [0.1, 0.15) is 11.6 Å². The summed E-state index contributed by atoms with van der Waals surface area (Å²) in [7, 11) is 0. The van der Waals surface area contributed by atoms with Gasteiger partial charge in [-0.05, 0) is 60.7 Å². The molecule has 112 valence electrons. The van der Waals surface area contributed by atoms with Crippen molar-refractivity contribution in [2.45, 2.75) is 44.8 Å². The van der Waals surface area contributed by atoms with E-state index in [-0.39, 0.29) is 17.7 Å². The van der Waals surface area contributed by atoms with Gasteiger partial charge in [-0.15, -0.1) is 0 Å². The van der Waals surface area contributed by atoms with Crippen LogP contribution in [0.15, 0.2) is 22.8 Å². The van der Waals surface area contributed by atoms with Crippen LogP contribution in [0.5, 0.6) is 0 Å². The fourth-order valence-corrected chi connectivity index (χ4v) is 3.18. The van der Waals surface area contributed by atoms with Crippen LogP contribution in [0.1, 0.15) is 32.4 Å². The van der Waals surface area contributed by atoms with Crippen LogP contribution in [-0.4, -0.2) is 33.3 Å². The number of hydrogen-bond donors (Lipinski definition) is 1. The molecule has 1 aromatic rings. The molecule has 2 atom stereocenters. The van der Waals surface area contributed by atoms with Crippen LogP contribution in [0.25, 0.3) is 0 Å². The SMILES string of the molecule is CC1NC(=O)C(C)(C2CC2)N(Cc2ccc(Br)cn2)C1=O. The largest absolute Gasteiger partial charge is 0.343 e. The molecular formula is C15H18BrN3O2. The number of carbonyl (C=O) groups is 2. The van der Waals surface area contributed by atoms with Gasteiger partial charge >= 0.3 is 0 Å². The molecule has 2 fully saturated rings. The number of amides is 2. The molecule has 0 radical (unpaired) electrons. The molecule has 2 amide bonds. The molecule has 0 aromatic carbocycles. The van der Waals surface area contributed by atoms with E-state index < -0.39 is 11.6 Å². The van der Waals surface area contributed by atoms with Crippen molar-refractivity contribution in [3.8, 4) is 0 Å². The lowest BCUT2D eigenvalue weighted by atomic mass is 9.88. The Hall–Kier alpha value is -1.43. The lowest BCUT2D eigenvalue weighted by Gasteiger charge is -2.46. The lowest BCUT2D eigenvalue weighted by molar-refractivity contribution is -0.158. The average molecular weight is 352 g/mol. The van der Waals surface area contributed by atoms with Gasteiger partial charge in [-0.25, -0.2) is 0 Å². The molecule has 1 aliphatic carbocycles. The average Bonchev–Trinajstić information content (AvgIpc) is 3.28. The van der Waals surface area contributed by atoms with Crippen LogP contribution in [0.4, 0.5) is 0 Å². The third kappa shape index (κ3) is 2.46. The van der Waals surface area contributed by atoms with Gasteiger partial charge in [0.2, 0.25) is 11.8 Å². The lowest BCUT2D eigenvalue weighted by Crippen LogP contribution is -2.69. The van der Waals surface area contributed by atoms with E-state index in [9.17, 15) is 9.59 Å². The van der Waals surface area contributed by atoms with Crippen molar-refractivity contribution in [3.63, 3.8) is 0 Å². The van der Waals surface area contributed by atoms with E-state index in [0.717, 1.165) is 23.0 Å². The van der Waals surface area contributed by atoms with Gasteiger partial charge in [0.05, 0.1) is 12.2 Å². The summed E-state index contributed by atoms with van der Waals surface area (Å²) in [6.07, 6.45) is 3.70. The molecule has 1 saturated carbocycles. The summed E-state index contributed by atoms with van der Waals surface area (Å²) in [6, 6.07) is 3.30. The fraction of sp³-hybridized carbons (Fsp3) is 0.533. The first-order valence-electron chi connectivity index (χ1n) is 7.16. The zero-order valence-corrected chi connectivity index (χ0v) is 13.7. The Morgan fingerprint density at radius 3 is 2.71 bits per heavy atom. The Kier molecular flexibility index (Phi) is 3.51. The molecule has 1 saturated heterocycles. The Bertz CT molecular complexity index is 585. The molecule has 21 heavy (non-hydrogen) atoms.